The van der Waals surface area contributed by atoms with Crippen molar-refractivity contribution < 1.29 is 18.0 Å². The van der Waals surface area contributed by atoms with E-state index in [1.54, 1.807) is 60.7 Å². The van der Waals surface area contributed by atoms with Crippen molar-refractivity contribution in [1.82, 2.24) is 10.2 Å². The lowest BCUT2D eigenvalue weighted by molar-refractivity contribution is -0.140. The third-order valence-electron chi connectivity index (χ3n) is 7.45. The zero-order valence-electron chi connectivity index (χ0n) is 25.2. The normalized spacial score (nSPS) is 12.6. The summed E-state index contributed by atoms with van der Waals surface area (Å²) in [6.45, 7) is 5.33. The fourth-order valence-electron chi connectivity index (χ4n) is 4.79. The number of rotatable bonds is 13. The number of nitrogens with zero attached hydrogens (tertiary/aromatic N) is 2. The first-order chi connectivity index (χ1) is 21.1. The third kappa shape index (κ3) is 8.49. The summed E-state index contributed by atoms with van der Waals surface area (Å²) in [4.78, 5) is 29.9. The van der Waals surface area contributed by atoms with Crippen molar-refractivity contribution in [2.45, 2.75) is 57.1 Å². The molecule has 0 aromatic heterocycles. The van der Waals surface area contributed by atoms with E-state index in [1.165, 1.54) is 17.0 Å². The predicted octanol–water partition coefficient (Wildman–Crippen LogP) is 6.40. The average Bonchev–Trinajstić information content (AvgIpc) is 3.02. The number of carbonyl (C=O) groups excluding carboxylic acids is 2. The van der Waals surface area contributed by atoms with E-state index in [0.717, 1.165) is 15.4 Å². The maximum absolute atomic E-state index is 14.5. The Labute approximate surface area is 265 Å². The van der Waals surface area contributed by atoms with Crippen molar-refractivity contribution >= 4 is 39.1 Å². The molecule has 0 aliphatic carbocycles. The Balaban J connectivity index is 1.80. The standard InChI is InChI=1S/C35H38ClN3O4S/c1-4-27(3)37-35(41)33(23-28-12-7-5-8-13-28)38(24-29-14-11-15-30(36)22-29)34(40)25-39(31-20-18-26(2)19-21-31)44(42,43)32-16-9-6-10-17-32/h5-22,27,33H,4,23-25H2,1-3H3,(H,37,41). The largest absolute Gasteiger partial charge is 0.352 e. The van der Waals surface area contributed by atoms with E-state index in [4.69, 9.17) is 11.6 Å². The number of nitrogens with one attached hydrogen (secondary N) is 1. The minimum absolute atomic E-state index is 0.0535. The van der Waals surface area contributed by atoms with E-state index >= 15 is 0 Å². The number of hydrogen-bond acceptors (Lipinski definition) is 4. The molecule has 2 unspecified atom stereocenters. The molecule has 2 amide bonds. The quantitative estimate of drug-likeness (QED) is 0.185. The lowest BCUT2D eigenvalue weighted by atomic mass is 10.0. The van der Waals surface area contributed by atoms with Gasteiger partial charge in [-0.1, -0.05) is 96.9 Å². The molecule has 230 valence electrons. The van der Waals surface area contributed by atoms with Crippen LogP contribution in [0.5, 0.6) is 0 Å². The highest BCUT2D eigenvalue weighted by Crippen LogP contribution is 2.26. The van der Waals surface area contributed by atoms with Crippen LogP contribution in [0, 0.1) is 6.92 Å². The molecule has 4 aromatic rings. The van der Waals surface area contributed by atoms with Crippen LogP contribution in [0.4, 0.5) is 5.69 Å². The number of amides is 2. The summed E-state index contributed by atoms with van der Waals surface area (Å²) in [6, 6.07) is 30.5. The lowest BCUT2D eigenvalue weighted by Crippen LogP contribution is -2.54. The first-order valence-electron chi connectivity index (χ1n) is 14.6. The maximum Gasteiger partial charge on any atom is 0.264 e. The van der Waals surface area contributed by atoms with Crippen LogP contribution in [0.1, 0.15) is 37.0 Å². The van der Waals surface area contributed by atoms with Crippen molar-refractivity contribution in [3.05, 3.63) is 131 Å². The van der Waals surface area contributed by atoms with E-state index < -0.39 is 28.5 Å². The van der Waals surface area contributed by atoms with Gasteiger partial charge in [0, 0.05) is 24.0 Å². The van der Waals surface area contributed by atoms with E-state index in [2.05, 4.69) is 5.32 Å². The molecule has 2 atom stereocenters. The van der Waals surface area contributed by atoms with Crippen molar-refractivity contribution in [2.75, 3.05) is 10.8 Å². The molecule has 0 spiro atoms. The lowest BCUT2D eigenvalue weighted by Gasteiger charge is -2.34. The summed E-state index contributed by atoms with van der Waals surface area (Å²) in [6.07, 6.45) is 0.952. The predicted molar refractivity (Wildman–Crippen MR) is 176 cm³/mol. The molecule has 4 aromatic carbocycles. The molecule has 0 fully saturated rings. The van der Waals surface area contributed by atoms with Crippen LogP contribution in [0.3, 0.4) is 0 Å². The Bertz CT molecular complexity index is 1650. The highest BCUT2D eigenvalue weighted by molar-refractivity contribution is 7.92. The Morgan fingerprint density at radius 3 is 2.07 bits per heavy atom. The summed E-state index contributed by atoms with van der Waals surface area (Å²) in [5.41, 5.74) is 2.88. The van der Waals surface area contributed by atoms with Crippen LogP contribution < -0.4 is 9.62 Å². The van der Waals surface area contributed by atoms with Crippen LogP contribution >= 0.6 is 11.6 Å². The summed E-state index contributed by atoms with van der Waals surface area (Å²) < 4.78 is 29.1. The SMILES string of the molecule is CCC(C)NC(=O)C(Cc1ccccc1)N(Cc1cccc(Cl)c1)C(=O)CN(c1ccc(C)cc1)S(=O)(=O)c1ccccc1. The summed E-state index contributed by atoms with van der Waals surface area (Å²) in [5, 5.41) is 3.53. The number of halogens is 1. The first-order valence-corrected chi connectivity index (χ1v) is 16.4. The molecule has 1 N–H and O–H groups in total. The van der Waals surface area contributed by atoms with Gasteiger partial charge in [0.1, 0.15) is 12.6 Å². The fraction of sp³-hybridized carbons (Fsp3) is 0.257. The molecule has 0 aliphatic rings. The molecule has 9 heteroatoms. The number of aryl methyl sites for hydroxylation is 1. The molecule has 0 radical (unpaired) electrons. The molecule has 0 saturated heterocycles. The van der Waals surface area contributed by atoms with Gasteiger partial charge in [-0.05, 0) is 67.8 Å². The minimum atomic E-state index is -4.14. The second-order valence-electron chi connectivity index (χ2n) is 10.8. The monoisotopic (exact) mass is 631 g/mol. The van der Waals surface area contributed by atoms with Gasteiger partial charge in [0.25, 0.3) is 10.0 Å². The van der Waals surface area contributed by atoms with Gasteiger partial charge in [-0.2, -0.15) is 0 Å². The molecular weight excluding hydrogens is 594 g/mol. The Morgan fingerprint density at radius 2 is 1.45 bits per heavy atom. The smallest absolute Gasteiger partial charge is 0.264 e. The summed E-state index contributed by atoms with van der Waals surface area (Å²) >= 11 is 6.30. The van der Waals surface area contributed by atoms with Crippen molar-refractivity contribution in [3.8, 4) is 0 Å². The zero-order chi connectivity index (χ0) is 31.7. The Morgan fingerprint density at radius 1 is 0.841 bits per heavy atom. The second-order valence-corrected chi connectivity index (χ2v) is 13.1. The summed E-state index contributed by atoms with van der Waals surface area (Å²) in [7, 11) is -4.14. The van der Waals surface area contributed by atoms with Gasteiger partial charge < -0.3 is 10.2 Å². The van der Waals surface area contributed by atoms with Crippen molar-refractivity contribution in [1.29, 1.82) is 0 Å². The van der Waals surface area contributed by atoms with Gasteiger partial charge >= 0.3 is 0 Å². The van der Waals surface area contributed by atoms with Crippen LogP contribution in [0.15, 0.2) is 114 Å². The number of carbonyl (C=O) groups is 2. The highest BCUT2D eigenvalue weighted by atomic mass is 35.5. The van der Waals surface area contributed by atoms with E-state index in [-0.39, 0.29) is 29.8 Å². The second kappa shape index (κ2) is 15.0. The van der Waals surface area contributed by atoms with E-state index in [9.17, 15) is 18.0 Å². The molecular formula is C35H38ClN3O4S. The maximum atomic E-state index is 14.5. The van der Waals surface area contributed by atoms with Gasteiger partial charge in [0.15, 0.2) is 0 Å². The molecule has 44 heavy (non-hydrogen) atoms. The van der Waals surface area contributed by atoms with Gasteiger partial charge in [-0.25, -0.2) is 8.42 Å². The number of benzene rings is 4. The Hall–Kier alpha value is -4.14. The van der Waals surface area contributed by atoms with Crippen LogP contribution in [0.25, 0.3) is 0 Å². The molecule has 0 heterocycles. The molecule has 7 nitrogen and oxygen atoms in total. The highest BCUT2D eigenvalue weighted by Gasteiger charge is 2.35. The van der Waals surface area contributed by atoms with E-state index in [0.29, 0.717) is 22.7 Å². The van der Waals surface area contributed by atoms with Crippen LogP contribution in [-0.4, -0.2) is 43.8 Å². The van der Waals surface area contributed by atoms with E-state index in [1.807, 2.05) is 57.2 Å². The Kier molecular flexibility index (Phi) is 11.2. The third-order valence-corrected chi connectivity index (χ3v) is 9.47. The van der Waals surface area contributed by atoms with Gasteiger partial charge in [0.2, 0.25) is 11.8 Å². The summed E-state index contributed by atoms with van der Waals surface area (Å²) in [5.74, 6) is -0.836. The van der Waals surface area contributed by atoms with Gasteiger partial charge in [0.05, 0.1) is 10.6 Å². The van der Waals surface area contributed by atoms with Gasteiger partial charge in [-0.3, -0.25) is 13.9 Å². The minimum Gasteiger partial charge on any atom is -0.352 e. The molecule has 0 bridgehead atoms. The topological polar surface area (TPSA) is 86.8 Å². The van der Waals surface area contributed by atoms with Crippen LogP contribution in [-0.2, 0) is 32.6 Å². The van der Waals surface area contributed by atoms with Crippen molar-refractivity contribution in [2.24, 2.45) is 0 Å². The first kappa shape index (κ1) is 32.8. The number of sulfonamides is 1. The zero-order valence-corrected chi connectivity index (χ0v) is 26.8. The number of hydrogen-bond donors (Lipinski definition) is 1. The van der Waals surface area contributed by atoms with Crippen LogP contribution in [0.2, 0.25) is 5.02 Å². The number of anilines is 1. The molecule has 0 saturated carbocycles. The fourth-order valence-corrected chi connectivity index (χ4v) is 6.43. The average molecular weight is 632 g/mol. The molecule has 0 aliphatic heterocycles. The van der Waals surface area contributed by atoms with Gasteiger partial charge in [-0.15, -0.1) is 0 Å². The van der Waals surface area contributed by atoms with Crippen molar-refractivity contribution in [3.63, 3.8) is 0 Å². The molecule has 4 rings (SSSR count).